The third kappa shape index (κ3) is 5.42. The smallest absolute Gasteiger partial charge is 0.337 e. The molecule has 1 aliphatic heterocycles. The van der Waals surface area contributed by atoms with Crippen LogP contribution in [-0.2, 0) is 19.4 Å². The van der Waals surface area contributed by atoms with E-state index in [-0.39, 0.29) is 6.61 Å². The maximum absolute atomic E-state index is 15.2. The number of nitrogens with zero attached hydrogens (tertiary/aromatic N) is 1. The molecule has 1 aliphatic rings. The molecule has 0 N–H and O–H groups in total. The molecule has 0 bridgehead atoms. The molecule has 39 heavy (non-hydrogen) atoms. The molecule has 4 aromatic rings. The fraction of sp³-hybridized carbons (Fsp3) is 0.176. The minimum Gasteiger partial charge on any atom is -0.483 e. The van der Waals surface area contributed by atoms with Crippen LogP contribution in [0.15, 0.2) is 139 Å². The van der Waals surface area contributed by atoms with Gasteiger partial charge in [-0.15, -0.1) is 0 Å². The van der Waals surface area contributed by atoms with Crippen molar-refractivity contribution >= 4 is 13.6 Å². The second-order valence-corrected chi connectivity index (χ2v) is 11.6. The molecule has 198 valence electrons. The van der Waals surface area contributed by atoms with Crippen LogP contribution in [0.2, 0.25) is 0 Å². The molecule has 1 fully saturated rings. The van der Waals surface area contributed by atoms with Gasteiger partial charge in [-0.05, 0) is 47.8 Å². The minimum absolute atomic E-state index is 0.283. The van der Waals surface area contributed by atoms with Gasteiger partial charge in [0.1, 0.15) is 12.1 Å². The maximum Gasteiger partial charge on any atom is 0.337 e. The molecule has 0 radical (unpaired) electrons. The highest BCUT2D eigenvalue weighted by Gasteiger charge is 2.54. The van der Waals surface area contributed by atoms with Crippen LogP contribution >= 0.6 is 7.52 Å². The second-order valence-electron chi connectivity index (χ2n) is 9.39. The molecule has 1 atom stereocenters. The first kappa shape index (κ1) is 26.9. The third-order valence-electron chi connectivity index (χ3n) is 7.02. The Morgan fingerprint density at radius 3 is 1.79 bits per heavy atom. The van der Waals surface area contributed by atoms with E-state index in [9.17, 15) is 0 Å². The van der Waals surface area contributed by atoms with Gasteiger partial charge in [0.15, 0.2) is 5.50 Å². The Balaban J connectivity index is 1.62. The van der Waals surface area contributed by atoms with Crippen molar-refractivity contribution in [2.45, 2.75) is 18.9 Å². The molecular formula is C34H34NO3P. The van der Waals surface area contributed by atoms with Crippen LogP contribution in [0.1, 0.15) is 35.6 Å². The summed E-state index contributed by atoms with van der Waals surface area (Å²) in [5.41, 5.74) is 3.65. The third-order valence-corrected chi connectivity index (χ3v) is 9.64. The SMILES string of the molecule is C/C=C(\OC/C=C/c1ccccc1)P1(=O)OCCCN1C(c1ccccc1)(c1ccccc1)c1ccccc1. The molecule has 5 heteroatoms. The van der Waals surface area contributed by atoms with Crippen molar-refractivity contribution in [3.8, 4) is 0 Å². The Morgan fingerprint density at radius 1 is 0.821 bits per heavy atom. The van der Waals surface area contributed by atoms with E-state index in [0.717, 1.165) is 28.7 Å². The number of hydrogen-bond donors (Lipinski definition) is 0. The molecule has 0 amide bonds. The van der Waals surface area contributed by atoms with Crippen molar-refractivity contribution in [1.82, 2.24) is 4.67 Å². The van der Waals surface area contributed by atoms with Crippen LogP contribution in [0, 0.1) is 0 Å². The lowest BCUT2D eigenvalue weighted by molar-refractivity contribution is 0.143. The number of benzene rings is 4. The average Bonchev–Trinajstić information content (AvgIpc) is 3.00. The van der Waals surface area contributed by atoms with Crippen molar-refractivity contribution in [2.75, 3.05) is 19.8 Å². The summed E-state index contributed by atoms with van der Waals surface area (Å²) in [5.74, 6) is 0. The zero-order valence-corrected chi connectivity index (χ0v) is 23.1. The average molecular weight is 536 g/mol. The van der Waals surface area contributed by atoms with Crippen molar-refractivity contribution in [1.29, 1.82) is 0 Å². The van der Waals surface area contributed by atoms with Crippen LogP contribution < -0.4 is 0 Å². The lowest BCUT2D eigenvalue weighted by Gasteiger charge is -2.49. The number of hydrogen-bond acceptors (Lipinski definition) is 3. The highest BCUT2D eigenvalue weighted by atomic mass is 31.2. The molecule has 4 nitrogen and oxygen atoms in total. The van der Waals surface area contributed by atoms with E-state index in [2.05, 4.69) is 41.1 Å². The monoisotopic (exact) mass is 535 g/mol. The van der Waals surface area contributed by atoms with Crippen molar-refractivity contribution in [3.05, 3.63) is 161 Å². The summed E-state index contributed by atoms with van der Waals surface area (Å²) in [6.07, 6.45) is 6.49. The molecular weight excluding hydrogens is 501 g/mol. The Labute approximate surface area is 231 Å². The van der Waals surface area contributed by atoms with Gasteiger partial charge in [-0.25, -0.2) is 4.67 Å². The second kappa shape index (κ2) is 12.4. The first-order valence-electron chi connectivity index (χ1n) is 13.4. The van der Waals surface area contributed by atoms with Crippen molar-refractivity contribution < 1.29 is 13.8 Å². The summed E-state index contributed by atoms with van der Waals surface area (Å²) in [7, 11) is -3.63. The minimum atomic E-state index is -3.63. The number of allylic oxidation sites excluding steroid dienone is 1. The molecule has 0 saturated carbocycles. The van der Waals surface area contributed by atoms with Crippen LogP contribution in [0.3, 0.4) is 0 Å². The predicted octanol–water partition coefficient (Wildman–Crippen LogP) is 8.49. The normalized spacial score (nSPS) is 18.7. The molecule has 0 aromatic heterocycles. The van der Waals surface area contributed by atoms with Gasteiger partial charge >= 0.3 is 7.52 Å². The van der Waals surface area contributed by atoms with Gasteiger partial charge in [0.05, 0.1) is 6.61 Å². The number of rotatable bonds is 9. The van der Waals surface area contributed by atoms with Crippen LogP contribution in [0.25, 0.3) is 6.08 Å². The highest BCUT2D eigenvalue weighted by molar-refractivity contribution is 7.60. The lowest BCUT2D eigenvalue weighted by atomic mass is 9.77. The van der Waals surface area contributed by atoms with E-state index in [1.165, 1.54) is 0 Å². The first-order chi connectivity index (χ1) is 19.2. The van der Waals surface area contributed by atoms with Gasteiger partial charge in [0.25, 0.3) is 0 Å². The van der Waals surface area contributed by atoms with E-state index in [4.69, 9.17) is 9.26 Å². The summed E-state index contributed by atoms with van der Waals surface area (Å²) in [4.78, 5) is 0. The molecule has 4 aromatic carbocycles. The fourth-order valence-corrected chi connectivity index (χ4v) is 7.94. The summed E-state index contributed by atoms with van der Waals surface area (Å²) in [6.45, 7) is 3.13. The molecule has 0 aliphatic carbocycles. The highest BCUT2D eigenvalue weighted by Crippen LogP contribution is 2.66. The zero-order chi connectivity index (χ0) is 27.0. The largest absolute Gasteiger partial charge is 0.483 e. The Bertz CT molecular complexity index is 1340. The van der Waals surface area contributed by atoms with Gasteiger partial charge in [0.2, 0.25) is 0 Å². The standard InChI is InChI=1S/C34H34NO3P/c1-2-33(37-27-15-19-29-17-7-3-8-18-29)39(36)35(26-16-28-38-39)34(30-20-9-4-10-21-30,31-22-11-5-12-23-31)32-24-13-6-14-25-32/h2-15,17-25H,16,26-28H2,1H3/b19-15+,33-2+. The van der Waals surface area contributed by atoms with E-state index in [0.29, 0.717) is 18.7 Å². The van der Waals surface area contributed by atoms with Crippen molar-refractivity contribution in [3.63, 3.8) is 0 Å². The van der Waals surface area contributed by atoms with Gasteiger partial charge in [0, 0.05) is 6.54 Å². The van der Waals surface area contributed by atoms with Crippen molar-refractivity contribution in [2.24, 2.45) is 0 Å². The molecule has 1 saturated heterocycles. The summed E-state index contributed by atoms with van der Waals surface area (Å²) >= 11 is 0. The Kier molecular flexibility index (Phi) is 8.58. The summed E-state index contributed by atoms with van der Waals surface area (Å²) in [6, 6.07) is 41.0. The van der Waals surface area contributed by atoms with Crippen LogP contribution in [0.4, 0.5) is 0 Å². The Morgan fingerprint density at radius 2 is 1.31 bits per heavy atom. The lowest BCUT2D eigenvalue weighted by Crippen LogP contribution is -2.49. The van der Waals surface area contributed by atoms with Gasteiger partial charge in [-0.1, -0.05) is 127 Å². The van der Waals surface area contributed by atoms with E-state index >= 15 is 4.57 Å². The zero-order valence-electron chi connectivity index (χ0n) is 22.2. The van der Waals surface area contributed by atoms with Crippen LogP contribution in [-0.4, -0.2) is 24.4 Å². The van der Waals surface area contributed by atoms with Crippen LogP contribution in [0.5, 0.6) is 0 Å². The van der Waals surface area contributed by atoms with Gasteiger partial charge in [-0.2, -0.15) is 0 Å². The summed E-state index contributed by atoms with van der Waals surface area (Å²) in [5, 5.41) is 0. The predicted molar refractivity (Wildman–Crippen MR) is 159 cm³/mol. The van der Waals surface area contributed by atoms with E-state index in [1.807, 2.05) is 104 Å². The van der Waals surface area contributed by atoms with Gasteiger partial charge < -0.3 is 9.26 Å². The topological polar surface area (TPSA) is 38.8 Å². The summed E-state index contributed by atoms with van der Waals surface area (Å²) < 4.78 is 29.8. The number of ether oxygens (including phenoxy) is 1. The quantitative estimate of drug-likeness (QED) is 0.122. The molecule has 1 heterocycles. The molecule has 1 unspecified atom stereocenters. The first-order valence-corrected chi connectivity index (χ1v) is 15.0. The van der Waals surface area contributed by atoms with E-state index < -0.39 is 13.1 Å². The molecule has 0 spiro atoms. The fourth-order valence-electron chi connectivity index (χ4n) is 5.35. The maximum atomic E-state index is 15.2. The van der Waals surface area contributed by atoms with Gasteiger partial charge in [-0.3, -0.25) is 4.57 Å². The molecule has 5 rings (SSSR count). The van der Waals surface area contributed by atoms with E-state index in [1.54, 1.807) is 6.08 Å². The Hall–Kier alpha value is -3.69.